The molecule has 0 N–H and O–H groups in total. The van der Waals surface area contributed by atoms with E-state index >= 15 is 0 Å². The van der Waals surface area contributed by atoms with Crippen LogP contribution in [0.4, 0.5) is 11.5 Å². The molecule has 1 atom stereocenters. The lowest BCUT2D eigenvalue weighted by Gasteiger charge is -2.42. The number of ether oxygens (including phenoxy) is 1. The summed E-state index contributed by atoms with van der Waals surface area (Å²) >= 11 is 0. The van der Waals surface area contributed by atoms with Crippen molar-refractivity contribution in [3.8, 4) is 6.01 Å². The van der Waals surface area contributed by atoms with Crippen LogP contribution >= 0.6 is 0 Å². The van der Waals surface area contributed by atoms with Crippen molar-refractivity contribution in [3.05, 3.63) is 60.4 Å². The Morgan fingerprint density at radius 3 is 2.81 bits per heavy atom. The van der Waals surface area contributed by atoms with Gasteiger partial charge in [0.05, 0.1) is 30.0 Å². The minimum Gasteiger partial charge on any atom is -0.463 e. The molecule has 1 unspecified atom stereocenters. The average Bonchev–Trinajstić information content (AvgIpc) is 2.94. The first-order chi connectivity index (χ1) is 17.6. The number of nitrogens with zero attached hydrogens (tertiary/aromatic N) is 6. The number of para-hydroxylation sites is 1. The lowest BCUT2D eigenvalue weighted by molar-refractivity contribution is -0.128. The molecule has 2 aliphatic rings. The van der Waals surface area contributed by atoms with Crippen LogP contribution in [0.5, 0.6) is 6.01 Å². The van der Waals surface area contributed by atoms with Crippen molar-refractivity contribution in [2.24, 2.45) is 0 Å². The highest BCUT2D eigenvalue weighted by molar-refractivity contribution is 5.91. The Kier molecular flexibility index (Phi) is 7.02. The number of benzene rings is 1. The largest absolute Gasteiger partial charge is 0.463 e. The summed E-state index contributed by atoms with van der Waals surface area (Å²) in [7, 11) is 0. The van der Waals surface area contributed by atoms with Gasteiger partial charge in [0.25, 0.3) is 0 Å². The van der Waals surface area contributed by atoms with E-state index in [0.29, 0.717) is 25.7 Å². The molecule has 5 rings (SSSR count). The highest BCUT2D eigenvalue weighted by Crippen LogP contribution is 2.34. The number of aromatic nitrogens is 3. The SMILES string of the molecule is C=CC(=O)N1CCN(c2nc(OCCC)nc3c2CCN(c2cccc4cccnc24)C3)CC1CC. The van der Waals surface area contributed by atoms with Gasteiger partial charge in [0.1, 0.15) is 5.82 Å². The van der Waals surface area contributed by atoms with Crippen LogP contribution in [-0.2, 0) is 17.8 Å². The third kappa shape index (κ3) is 4.59. The van der Waals surface area contributed by atoms with Crippen LogP contribution < -0.4 is 14.5 Å². The summed E-state index contributed by atoms with van der Waals surface area (Å²) in [5, 5.41) is 1.13. The molecule has 1 amide bonds. The van der Waals surface area contributed by atoms with E-state index in [1.165, 1.54) is 11.6 Å². The van der Waals surface area contributed by atoms with Gasteiger partial charge in [-0.25, -0.2) is 0 Å². The number of rotatable bonds is 7. The Labute approximate surface area is 212 Å². The molecule has 0 bridgehead atoms. The standard InChI is InChI=1S/C28H34N6O2/c1-4-17-36-28-30-23-19-32(24-11-7-9-20-10-8-13-29-26(20)24)14-12-22(23)27(31-28)33-15-16-34(25(35)6-3)21(5-2)18-33/h6-11,13,21H,3-5,12,14-19H2,1-2H3. The number of carbonyl (C=O) groups is 1. The summed E-state index contributed by atoms with van der Waals surface area (Å²) in [4.78, 5) is 33.4. The first-order valence-corrected chi connectivity index (χ1v) is 12.9. The number of hydrogen-bond acceptors (Lipinski definition) is 7. The predicted molar refractivity (Wildman–Crippen MR) is 143 cm³/mol. The van der Waals surface area contributed by atoms with Crippen molar-refractivity contribution < 1.29 is 9.53 Å². The van der Waals surface area contributed by atoms with Gasteiger partial charge in [-0.3, -0.25) is 9.78 Å². The molecule has 1 saturated heterocycles. The van der Waals surface area contributed by atoms with Crippen LogP contribution in [0.1, 0.15) is 37.9 Å². The van der Waals surface area contributed by atoms with Gasteiger partial charge < -0.3 is 19.4 Å². The van der Waals surface area contributed by atoms with Crippen molar-refractivity contribution in [2.75, 3.05) is 42.6 Å². The summed E-state index contributed by atoms with van der Waals surface area (Å²) in [6, 6.07) is 10.9. The molecule has 2 aromatic heterocycles. The van der Waals surface area contributed by atoms with Crippen molar-refractivity contribution in [1.82, 2.24) is 19.9 Å². The van der Waals surface area contributed by atoms with Gasteiger partial charge in [0, 0.05) is 49.4 Å². The third-order valence-electron chi connectivity index (χ3n) is 7.12. The molecule has 2 aliphatic heterocycles. The number of fused-ring (bicyclic) bond motifs is 2. The molecule has 8 heteroatoms. The van der Waals surface area contributed by atoms with Crippen molar-refractivity contribution >= 4 is 28.3 Å². The fourth-order valence-electron chi connectivity index (χ4n) is 5.26. The van der Waals surface area contributed by atoms with E-state index in [2.05, 4.69) is 59.5 Å². The molecular weight excluding hydrogens is 452 g/mol. The Hall–Kier alpha value is -3.68. The smallest absolute Gasteiger partial charge is 0.318 e. The fourth-order valence-corrected chi connectivity index (χ4v) is 5.26. The van der Waals surface area contributed by atoms with Crippen molar-refractivity contribution in [2.45, 2.75) is 45.7 Å². The number of anilines is 2. The summed E-state index contributed by atoms with van der Waals surface area (Å²) < 4.78 is 5.94. The Bertz CT molecular complexity index is 1260. The van der Waals surface area contributed by atoms with E-state index in [9.17, 15) is 4.79 Å². The molecule has 188 valence electrons. The van der Waals surface area contributed by atoms with Gasteiger partial charge in [-0.2, -0.15) is 9.97 Å². The number of carbonyl (C=O) groups excluding carboxylic acids is 1. The highest BCUT2D eigenvalue weighted by Gasteiger charge is 2.32. The first-order valence-electron chi connectivity index (χ1n) is 12.9. The highest BCUT2D eigenvalue weighted by atomic mass is 16.5. The third-order valence-corrected chi connectivity index (χ3v) is 7.12. The van der Waals surface area contributed by atoms with Crippen LogP contribution in [0, 0.1) is 0 Å². The second-order valence-corrected chi connectivity index (χ2v) is 9.37. The summed E-state index contributed by atoms with van der Waals surface area (Å²) in [6.07, 6.45) is 5.87. The molecule has 0 spiro atoms. The lowest BCUT2D eigenvalue weighted by atomic mass is 10.0. The quantitative estimate of drug-likeness (QED) is 0.468. The maximum Gasteiger partial charge on any atom is 0.318 e. The van der Waals surface area contributed by atoms with E-state index < -0.39 is 0 Å². The molecule has 0 saturated carbocycles. The Balaban J connectivity index is 1.48. The monoisotopic (exact) mass is 486 g/mol. The fraction of sp³-hybridized carbons (Fsp3) is 0.429. The molecule has 4 heterocycles. The number of amides is 1. The van der Waals surface area contributed by atoms with E-state index in [0.717, 1.165) is 67.0 Å². The van der Waals surface area contributed by atoms with Crippen LogP contribution in [0.25, 0.3) is 10.9 Å². The summed E-state index contributed by atoms with van der Waals surface area (Å²) in [5.74, 6) is 0.948. The van der Waals surface area contributed by atoms with Crippen LogP contribution in [-0.4, -0.2) is 64.6 Å². The van der Waals surface area contributed by atoms with Gasteiger partial charge in [-0.15, -0.1) is 0 Å². The second-order valence-electron chi connectivity index (χ2n) is 9.37. The minimum atomic E-state index is -0.00229. The zero-order valence-corrected chi connectivity index (χ0v) is 21.2. The Morgan fingerprint density at radius 2 is 2.00 bits per heavy atom. The molecular formula is C28H34N6O2. The van der Waals surface area contributed by atoms with Crippen LogP contribution in [0.2, 0.25) is 0 Å². The van der Waals surface area contributed by atoms with Gasteiger partial charge in [-0.1, -0.05) is 38.6 Å². The number of pyridine rings is 1. The molecule has 3 aromatic rings. The summed E-state index contributed by atoms with van der Waals surface area (Å²) in [5.41, 5.74) is 4.32. The molecule has 0 radical (unpaired) electrons. The molecule has 36 heavy (non-hydrogen) atoms. The molecule has 0 aliphatic carbocycles. The lowest BCUT2D eigenvalue weighted by Crippen LogP contribution is -2.55. The topological polar surface area (TPSA) is 74.7 Å². The Morgan fingerprint density at radius 1 is 1.14 bits per heavy atom. The predicted octanol–water partition coefficient (Wildman–Crippen LogP) is 3.99. The number of piperazine rings is 1. The molecule has 8 nitrogen and oxygen atoms in total. The minimum absolute atomic E-state index is 0.00229. The zero-order valence-electron chi connectivity index (χ0n) is 21.2. The average molecular weight is 487 g/mol. The van der Waals surface area contributed by atoms with E-state index in [-0.39, 0.29) is 11.9 Å². The molecule has 1 aromatic carbocycles. The van der Waals surface area contributed by atoms with Gasteiger partial charge in [0.2, 0.25) is 5.91 Å². The normalized spacial score (nSPS) is 17.7. The summed E-state index contributed by atoms with van der Waals surface area (Å²) in [6.45, 7) is 12.1. The maximum atomic E-state index is 12.4. The zero-order chi connectivity index (χ0) is 25.1. The van der Waals surface area contributed by atoms with Crippen LogP contribution in [0.15, 0.2) is 49.2 Å². The van der Waals surface area contributed by atoms with Gasteiger partial charge in [0.15, 0.2) is 0 Å². The van der Waals surface area contributed by atoms with Gasteiger partial charge in [-0.05, 0) is 37.5 Å². The number of hydrogen-bond donors (Lipinski definition) is 0. The maximum absolute atomic E-state index is 12.4. The molecule has 1 fully saturated rings. The van der Waals surface area contributed by atoms with E-state index in [1.807, 2.05) is 17.2 Å². The van der Waals surface area contributed by atoms with Crippen LogP contribution in [0.3, 0.4) is 0 Å². The van der Waals surface area contributed by atoms with Crippen molar-refractivity contribution in [1.29, 1.82) is 0 Å². The second kappa shape index (κ2) is 10.5. The van der Waals surface area contributed by atoms with E-state index in [1.54, 1.807) is 0 Å². The van der Waals surface area contributed by atoms with E-state index in [4.69, 9.17) is 14.7 Å². The van der Waals surface area contributed by atoms with Gasteiger partial charge >= 0.3 is 6.01 Å². The van der Waals surface area contributed by atoms with Crippen molar-refractivity contribution in [3.63, 3.8) is 0 Å². The first kappa shape index (κ1) is 24.0.